The third kappa shape index (κ3) is 15.4. The summed E-state index contributed by atoms with van der Waals surface area (Å²) >= 11 is 0. The Bertz CT molecular complexity index is 1220. The van der Waals surface area contributed by atoms with Crippen molar-refractivity contribution >= 4 is 5.97 Å². The minimum absolute atomic E-state index is 0.291. The number of carboxylic acid groups (broad SMARTS) is 1. The summed E-state index contributed by atoms with van der Waals surface area (Å²) in [6.45, 7) is 23.8. The van der Waals surface area contributed by atoms with E-state index in [1.165, 1.54) is 72.0 Å². The van der Waals surface area contributed by atoms with E-state index in [-0.39, 0.29) is 0 Å². The van der Waals surface area contributed by atoms with Crippen molar-refractivity contribution in [2.24, 2.45) is 10.8 Å². The molecule has 0 saturated carbocycles. The minimum atomic E-state index is -0.833. The van der Waals surface area contributed by atoms with Crippen LogP contribution in [0.15, 0.2) is 130 Å². The van der Waals surface area contributed by atoms with Gasteiger partial charge < -0.3 is 5.11 Å². The highest BCUT2D eigenvalue weighted by Crippen LogP contribution is 2.41. The van der Waals surface area contributed by atoms with Crippen LogP contribution >= 0.6 is 0 Å². The zero-order valence-electron chi connectivity index (χ0n) is 29.7. The summed E-state index contributed by atoms with van der Waals surface area (Å²) in [6, 6.07) is 0. The number of hydrogen-bond donors (Lipinski definition) is 1. The minimum Gasteiger partial charge on any atom is -0.481 e. The van der Waals surface area contributed by atoms with Gasteiger partial charge in [0.2, 0.25) is 0 Å². The maximum absolute atomic E-state index is 9.00. The number of hydrogen-bond acceptors (Lipinski definition) is 1. The van der Waals surface area contributed by atoms with Gasteiger partial charge in [-0.15, -0.1) is 0 Å². The van der Waals surface area contributed by atoms with Gasteiger partial charge in [-0.3, -0.25) is 4.79 Å². The van der Waals surface area contributed by atoms with E-state index in [4.69, 9.17) is 9.90 Å². The van der Waals surface area contributed by atoms with Gasteiger partial charge in [0.25, 0.3) is 5.97 Å². The first-order valence-corrected chi connectivity index (χ1v) is 16.2. The van der Waals surface area contributed by atoms with Crippen LogP contribution in [0.1, 0.15) is 115 Å². The Labute approximate surface area is 270 Å². The van der Waals surface area contributed by atoms with Gasteiger partial charge in [-0.2, -0.15) is 0 Å². The highest BCUT2D eigenvalue weighted by molar-refractivity contribution is 5.63. The maximum atomic E-state index is 9.00. The van der Waals surface area contributed by atoms with E-state index >= 15 is 0 Å². The molecule has 0 atom stereocenters. The Morgan fingerprint density at radius 1 is 0.568 bits per heavy atom. The molecular weight excluding hydrogens is 536 g/mol. The smallest absolute Gasteiger partial charge is 0.300 e. The maximum Gasteiger partial charge on any atom is 0.300 e. The molecule has 44 heavy (non-hydrogen) atoms. The third-order valence-electron chi connectivity index (χ3n) is 8.38. The first kappa shape index (κ1) is 38.6. The quantitative estimate of drug-likeness (QED) is 0.255. The van der Waals surface area contributed by atoms with Gasteiger partial charge >= 0.3 is 0 Å². The van der Waals surface area contributed by atoms with Crippen molar-refractivity contribution < 1.29 is 9.90 Å². The van der Waals surface area contributed by atoms with E-state index < -0.39 is 5.97 Å². The molecule has 0 saturated heterocycles. The van der Waals surface area contributed by atoms with Gasteiger partial charge in [0.1, 0.15) is 0 Å². The molecule has 0 fully saturated rings. The molecule has 2 nitrogen and oxygen atoms in total. The second-order valence-corrected chi connectivity index (χ2v) is 13.8. The first-order chi connectivity index (χ1) is 20.5. The fourth-order valence-corrected chi connectivity index (χ4v) is 5.79. The molecular formula is C42H60O2. The highest BCUT2D eigenvalue weighted by atomic mass is 16.4. The summed E-state index contributed by atoms with van der Waals surface area (Å²) < 4.78 is 0. The number of aliphatic carboxylic acids is 1. The van der Waals surface area contributed by atoms with Gasteiger partial charge in [-0.25, -0.2) is 0 Å². The molecule has 1 N–H and O–H groups in total. The third-order valence-corrected chi connectivity index (χ3v) is 8.38. The molecule has 2 aliphatic rings. The SMILES string of the molecule is CC(=O)O.CC1=C(/C=C/C(C)=C/C=C/C(C)=C/C=C/C=C(C)/C=C/C=C(C)/C=C/C2=C(C)CCCC2(C)C)C(C)(C)CCC1. The number of carboxylic acids is 1. The molecule has 0 radical (unpaired) electrons. The zero-order chi connectivity index (χ0) is 33.3. The summed E-state index contributed by atoms with van der Waals surface area (Å²) in [4.78, 5) is 9.00. The Balaban J connectivity index is 0.00000227. The zero-order valence-corrected chi connectivity index (χ0v) is 29.7. The monoisotopic (exact) mass is 596 g/mol. The lowest BCUT2D eigenvalue weighted by Gasteiger charge is -2.33. The molecule has 0 amide bonds. The van der Waals surface area contributed by atoms with Gasteiger partial charge in [0, 0.05) is 6.92 Å². The van der Waals surface area contributed by atoms with Gasteiger partial charge in [-0.1, -0.05) is 146 Å². The normalized spacial score (nSPS) is 20.5. The van der Waals surface area contributed by atoms with E-state index in [0.717, 1.165) is 6.92 Å². The van der Waals surface area contributed by atoms with Crippen LogP contribution in [-0.4, -0.2) is 11.1 Å². The summed E-state index contributed by atoms with van der Waals surface area (Å²) in [5.74, 6) is -0.833. The molecule has 0 aromatic carbocycles. The van der Waals surface area contributed by atoms with Crippen LogP contribution in [-0.2, 0) is 4.79 Å². The fraction of sp³-hybridized carbons (Fsp3) is 0.452. The van der Waals surface area contributed by atoms with Crippen molar-refractivity contribution in [1.29, 1.82) is 0 Å². The van der Waals surface area contributed by atoms with Crippen molar-refractivity contribution in [2.75, 3.05) is 0 Å². The molecule has 0 bridgehead atoms. The molecule has 2 aliphatic carbocycles. The Morgan fingerprint density at radius 2 is 0.864 bits per heavy atom. The van der Waals surface area contributed by atoms with Crippen molar-refractivity contribution in [3.63, 3.8) is 0 Å². The molecule has 0 spiro atoms. The van der Waals surface area contributed by atoms with E-state index in [2.05, 4.69) is 154 Å². The molecule has 240 valence electrons. The topological polar surface area (TPSA) is 37.3 Å². The standard InChI is InChI=1S/C40H56.C2H4O2/c1-31(19-13-21-33(3)25-27-37-35(5)23-15-29-39(37,7)8)17-11-12-18-32(2)20-14-22-34(4)26-28-38-36(6)24-16-30-40(38,9)10;1-2(3)4/h11-14,17-22,25-28H,15-16,23-24,29-30H2,1-10H3;1H3,(H,3,4)/b12-11+,19-13+,20-14+,27-25+,28-26+,31-17+,32-18+,33-21+,34-22+;. The summed E-state index contributed by atoms with van der Waals surface area (Å²) in [6.07, 6.45) is 38.4. The van der Waals surface area contributed by atoms with E-state index in [1.54, 1.807) is 11.1 Å². The summed E-state index contributed by atoms with van der Waals surface area (Å²) in [7, 11) is 0. The van der Waals surface area contributed by atoms with Crippen LogP contribution in [0.2, 0.25) is 0 Å². The molecule has 0 unspecified atom stereocenters. The fourth-order valence-electron chi connectivity index (χ4n) is 5.79. The van der Waals surface area contributed by atoms with Gasteiger partial charge in [-0.05, 0) is 102 Å². The largest absolute Gasteiger partial charge is 0.481 e. The van der Waals surface area contributed by atoms with Crippen LogP contribution in [0, 0.1) is 10.8 Å². The van der Waals surface area contributed by atoms with Gasteiger partial charge in [0.15, 0.2) is 0 Å². The van der Waals surface area contributed by atoms with Crippen molar-refractivity contribution in [2.45, 2.75) is 115 Å². The molecule has 0 heterocycles. The average Bonchev–Trinajstić information content (AvgIpc) is 2.89. The second kappa shape index (κ2) is 19.1. The predicted octanol–water partition coefficient (Wildman–Crippen LogP) is 12.7. The lowest BCUT2D eigenvalue weighted by Crippen LogP contribution is -2.19. The van der Waals surface area contributed by atoms with Crippen LogP contribution in [0.5, 0.6) is 0 Å². The Kier molecular flexibility index (Phi) is 16.8. The second-order valence-electron chi connectivity index (χ2n) is 13.8. The highest BCUT2D eigenvalue weighted by Gasteiger charge is 2.27. The predicted molar refractivity (Wildman–Crippen MR) is 195 cm³/mol. The van der Waals surface area contributed by atoms with Crippen molar-refractivity contribution in [3.8, 4) is 0 Å². The van der Waals surface area contributed by atoms with Crippen LogP contribution in [0.25, 0.3) is 0 Å². The lowest BCUT2D eigenvalue weighted by atomic mass is 9.72. The molecule has 0 aliphatic heterocycles. The Morgan fingerprint density at radius 3 is 1.18 bits per heavy atom. The van der Waals surface area contributed by atoms with Crippen molar-refractivity contribution in [3.05, 3.63) is 130 Å². The molecule has 0 aromatic heterocycles. The van der Waals surface area contributed by atoms with E-state index in [9.17, 15) is 0 Å². The van der Waals surface area contributed by atoms with Crippen molar-refractivity contribution in [1.82, 2.24) is 0 Å². The average molecular weight is 597 g/mol. The number of allylic oxidation sites excluding steroid dienone is 22. The first-order valence-electron chi connectivity index (χ1n) is 16.2. The van der Waals surface area contributed by atoms with E-state index in [0.29, 0.717) is 10.8 Å². The number of rotatable bonds is 10. The number of carbonyl (C=O) groups is 1. The Hall–Kier alpha value is -3.39. The van der Waals surface area contributed by atoms with Crippen LogP contribution in [0.3, 0.4) is 0 Å². The van der Waals surface area contributed by atoms with Gasteiger partial charge in [0.05, 0.1) is 0 Å². The lowest BCUT2D eigenvalue weighted by molar-refractivity contribution is -0.134. The van der Waals surface area contributed by atoms with Crippen LogP contribution < -0.4 is 0 Å². The summed E-state index contributed by atoms with van der Waals surface area (Å²) in [5.41, 5.74) is 11.7. The molecule has 2 rings (SSSR count). The molecule has 0 aromatic rings. The molecule has 2 heteroatoms. The van der Waals surface area contributed by atoms with E-state index in [1.807, 2.05) is 0 Å². The van der Waals surface area contributed by atoms with Crippen LogP contribution in [0.4, 0.5) is 0 Å². The summed E-state index contributed by atoms with van der Waals surface area (Å²) in [5, 5.41) is 7.42.